The summed E-state index contributed by atoms with van der Waals surface area (Å²) < 4.78 is 10.8. The van der Waals surface area contributed by atoms with Crippen LogP contribution in [0.4, 0.5) is 0 Å². The van der Waals surface area contributed by atoms with Gasteiger partial charge < -0.3 is 19.9 Å². The Morgan fingerprint density at radius 1 is 1.56 bits per heavy atom. The van der Waals surface area contributed by atoms with E-state index in [2.05, 4.69) is 5.32 Å². The van der Waals surface area contributed by atoms with E-state index in [9.17, 15) is 9.90 Å². The molecule has 2 rings (SSSR count). The summed E-state index contributed by atoms with van der Waals surface area (Å²) in [7, 11) is 0. The van der Waals surface area contributed by atoms with Crippen molar-refractivity contribution in [3.05, 3.63) is 0 Å². The van der Waals surface area contributed by atoms with Crippen molar-refractivity contribution in [2.45, 2.75) is 50.9 Å². The van der Waals surface area contributed by atoms with Crippen LogP contribution in [0.2, 0.25) is 0 Å². The number of nitrogens with one attached hydrogen (secondary N) is 1. The molecule has 2 aliphatic rings. The third-order valence-electron chi connectivity index (χ3n) is 3.92. The molecule has 5 heteroatoms. The number of rotatable bonds is 5. The van der Waals surface area contributed by atoms with E-state index in [1.807, 2.05) is 13.8 Å². The lowest BCUT2D eigenvalue weighted by Gasteiger charge is -2.43. The van der Waals surface area contributed by atoms with Gasteiger partial charge >= 0.3 is 0 Å². The van der Waals surface area contributed by atoms with Crippen LogP contribution in [0.15, 0.2) is 0 Å². The molecule has 0 aromatic heterocycles. The van der Waals surface area contributed by atoms with Gasteiger partial charge in [-0.25, -0.2) is 0 Å². The summed E-state index contributed by atoms with van der Waals surface area (Å²) in [5, 5.41) is 13.0. The molecule has 1 saturated carbocycles. The summed E-state index contributed by atoms with van der Waals surface area (Å²) in [6.07, 6.45) is 2.12. The zero-order valence-electron chi connectivity index (χ0n) is 11.1. The second-order valence-electron chi connectivity index (χ2n) is 5.40. The summed E-state index contributed by atoms with van der Waals surface area (Å²) in [6, 6.07) is 0. The highest BCUT2D eigenvalue weighted by molar-refractivity contribution is 5.79. The van der Waals surface area contributed by atoms with Crippen molar-refractivity contribution in [3.63, 3.8) is 0 Å². The average Bonchev–Trinajstić information content (AvgIpc) is 2.71. The lowest BCUT2D eigenvalue weighted by molar-refractivity contribution is -0.143. The molecule has 18 heavy (non-hydrogen) atoms. The fraction of sp³-hybridized carbons (Fsp3) is 0.923. The Kier molecular flexibility index (Phi) is 4.25. The first kappa shape index (κ1) is 13.8. The molecule has 2 unspecified atom stereocenters. The molecule has 0 radical (unpaired) electrons. The maximum atomic E-state index is 11.9. The molecule has 2 N–H and O–H groups in total. The van der Waals surface area contributed by atoms with E-state index >= 15 is 0 Å². The lowest BCUT2D eigenvalue weighted by Crippen LogP contribution is -2.56. The van der Waals surface area contributed by atoms with Gasteiger partial charge in [-0.3, -0.25) is 4.79 Å². The number of carbonyl (C=O) groups is 1. The van der Waals surface area contributed by atoms with Gasteiger partial charge in [0.15, 0.2) is 0 Å². The second-order valence-corrected chi connectivity index (χ2v) is 5.40. The monoisotopic (exact) mass is 257 g/mol. The minimum Gasteiger partial charge on any atom is -0.388 e. The van der Waals surface area contributed by atoms with Gasteiger partial charge in [-0.2, -0.15) is 0 Å². The minimum atomic E-state index is -0.780. The molecule has 1 aliphatic heterocycles. The van der Waals surface area contributed by atoms with Crippen LogP contribution in [0.3, 0.4) is 0 Å². The van der Waals surface area contributed by atoms with Crippen molar-refractivity contribution in [1.82, 2.24) is 5.32 Å². The third-order valence-corrected chi connectivity index (χ3v) is 3.92. The summed E-state index contributed by atoms with van der Waals surface area (Å²) in [6.45, 7) is 5.50. The second kappa shape index (κ2) is 5.55. The molecule has 1 heterocycles. The Hall–Kier alpha value is -0.650. The van der Waals surface area contributed by atoms with Gasteiger partial charge in [0, 0.05) is 32.6 Å². The van der Waals surface area contributed by atoms with Crippen LogP contribution in [0.1, 0.15) is 33.1 Å². The smallest absolute Gasteiger partial charge is 0.225 e. The van der Waals surface area contributed by atoms with E-state index < -0.39 is 5.60 Å². The number of hydrogen-bond donors (Lipinski definition) is 2. The van der Waals surface area contributed by atoms with Crippen LogP contribution in [-0.4, -0.2) is 48.6 Å². The number of carbonyl (C=O) groups excluding carboxylic acids is 1. The molecular formula is C13H23NO4. The van der Waals surface area contributed by atoms with Crippen LogP contribution in [-0.2, 0) is 14.3 Å². The molecule has 2 fully saturated rings. The topological polar surface area (TPSA) is 67.8 Å². The van der Waals surface area contributed by atoms with Crippen molar-refractivity contribution >= 4 is 5.91 Å². The van der Waals surface area contributed by atoms with Crippen molar-refractivity contribution in [1.29, 1.82) is 0 Å². The van der Waals surface area contributed by atoms with E-state index in [0.717, 1.165) is 6.42 Å². The molecule has 104 valence electrons. The van der Waals surface area contributed by atoms with E-state index in [0.29, 0.717) is 32.6 Å². The Labute approximate surface area is 108 Å². The van der Waals surface area contributed by atoms with E-state index in [1.54, 1.807) is 0 Å². The highest BCUT2D eigenvalue weighted by Crippen LogP contribution is 2.34. The zero-order chi connectivity index (χ0) is 13.2. The Morgan fingerprint density at radius 3 is 2.83 bits per heavy atom. The standard InChI is InChI=1S/C13H23NO4/c1-3-17-10-6-13(16,7-10)8-14-12(15)11-4-5-18-9(11)2/h9-11,16H,3-8H2,1-2H3,(H,14,15). The average molecular weight is 257 g/mol. The Morgan fingerprint density at radius 2 is 2.28 bits per heavy atom. The molecule has 0 spiro atoms. The maximum absolute atomic E-state index is 11.9. The fourth-order valence-electron chi connectivity index (χ4n) is 2.74. The van der Waals surface area contributed by atoms with Crippen LogP contribution >= 0.6 is 0 Å². The van der Waals surface area contributed by atoms with Gasteiger partial charge in [-0.1, -0.05) is 0 Å². The predicted octanol–water partition coefficient (Wildman–Crippen LogP) is 0.458. The molecule has 0 bridgehead atoms. The quantitative estimate of drug-likeness (QED) is 0.751. The normalized spacial score (nSPS) is 39.4. The molecule has 0 aromatic carbocycles. The minimum absolute atomic E-state index is 0.00622. The SMILES string of the molecule is CCOC1CC(O)(CNC(=O)C2CCOC2C)C1. The molecule has 1 saturated heterocycles. The Bertz CT molecular complexity index is 301. The first-order valence-corrected chi connectivity index (χ1v) is 6.77. The number of hydrogen-bond acceptors (Lipinski definition) is 4. The fourth-order valence-corrected chi connectivity index (χ4v) is 2.74. The molecule has 1 amide bonds. The largest absolute Gasteiger partial charge is 0.388 e. The summed E-state index contributed by atoms with van der Waals surface area (Å²) >= 11 is 0. The van der Waals surface area contributed by atoms with Crippen LogP contribution < -0.4 is 5.32 Å². The first-order valence-electron chi connectivity index (χ1n) is 6.77. The molecule has 1 aliphatic carbocycles. The van der Waals surface area contributed by atoms with E-state index in [-0.39, 0.29) is 24.0 Å². The van der Waals surface area contributed by atoms with Crippen molar-refractivity contribution in [3.8, 4) is 0 Å². The van der Waals surface area contributed by atoms with Crippen LogP contribution in [0, 0.1) is 5.92 Å². The summed E-state index contributed by atoms with van der Waals surface area (Å²) in [4.78, 5) is 11.9. The summed E-state index contributed by atoms with van der Waals surface area (Å²) in [5.74, 6) is -0.0790. The highest BCUT2D eigenvalue weighted by Gasteiger charge is 2.44. The lowest BCUT2D eigenvalue weighted by atomic mass is 9.77. The Balaban J connectivity index is 1.70. The summed E-state index contributed by atoms with van der Waals surface area (Å²) in [5.41, 5.74) is -0.780. The van der Waals surface area contributed by atoms with Gasteiger partial charge in [0.05, 0.1) is 23.7 Å². The molecular weight excluding hydrogens is 234 g/mol. The number of aliphatic hydroxyl groups is 1. The van der Waals surface area contributed by atoms with Gasteiger partial charge in [0.2, 0.25) is 5.91 Å². The van der Waals surface area contributed by atoms with Gasteiger partial charge in [-0.15, -0.1) is 0 Å². The molecule has 5 nitrogen and oxygen atoms in total. The molecule has 0 aromatic rings. The predicted molar refractivity (Wildman–Crippen MR) is 66.1 cm³/mol. The number of amides is 1. The van der Waals surface area contributed by atoms with Crippen LogP contribution in [0.5, 0.6) is 0 Å². The van der Waals surface area contributed by atoms with Crippen molar-refractivity contribution in [2.24, 2.45) is 5.92 Å². The zero-order valence-corrected chi connectivity index (χ0v) is 11.1. The highest BCUT2D eigenvalue weighted by atomic mass is 16.5. The number of ether oxygens (including phenoxy) is 2. The van der Waals surface area contributed by atoms with Crippen molar-refractivity contribution in [2.75, 3.05) is 19.8 Å². The maximum Gasteiger partial charge on any atom is 0.225 e. The van der Waals surface area contributed by atoms with Gasteiger partial charge in [0.25, 0.3) is 0 Å². The van der Waals surface area contributed by atoms with Gasteiger partial charge in [0.1, 0.15) is 0 Å². The van der Waals surface area contributed by atoms with E-state index in [4.69, 9.17) is 9.47 Å². The third kappa shape index (κ3) is 3.02. The molecule has 2 atom stereocenters. The first-order chi connectivity index (χ1) is 8.54. The van der Waals surface area contributed by atoms with E-state index in [1.165, 1.54) is 0 Å². The van der Waals surface area contributed by atoms with Crippen molar-refractivity contribution < 1.29 is 19.4 Å². The van der Waals surface area contributed by atoms with Crippen LogP contribution in [0.25, 0.3) is 0 Å². The van der Waals surface area contributed by atoms with Gasteiger partial charge in [-0.05, 0) is 20.3 Å².